The molecule has 0 aromatic heterocycles. The van der Waals surface area contributed by atoms with Crippen LogP contribution in [0.1, 0.15) is 30.5 Å². The SMILES string of the molecule is Cc1c[c]cc(CC(C)C)c1C. The molecular weight excluding hydrogens is 144 g/mol. The molecule has 0 spiro atoms. The highest BCUT2D eigenvalue weighted by Crippen LogP contribution is 2.15. The molecule has 0 bridgehead atoms. The minimum atomic E-state index is 0.735. The normalized spacial score (nSPS) is 10.8. The Labute approximate surface area is 75.6 Å². The molecule has 65 valence electrons. The van der Waals surface area contributed by atoms with Gasteiger partial charge in [0.15, 0.2) is 0 Å². The first-order valence-corrected chi connectivity index (χ1v) is 4.57. The summed E-state index contributed by atoms with van der Waals surface area (Å²) in [4.78, 5) is 0. The van der Waals surface area contributed by atoms with Crippen LogP contribution in [0.3, 0.4) is 0 Å². The predicted octanol–water partition coefficient (Wildman–Crippen LogP) is 3.30. The summed E-state index contributed by atoms with van der Waals surface area (Å²) < 4.78 is 0. The summed E-state index contributed by atoms with van der Waals surface area (Å²) in [6.45, 7) is 8.85. The van der Waals surface area contributed by atoms with Gasteiger partial charge in [-0.1, -0.05) is 26.0 Å². The van der Waals surface area contributed by atoms with Crippen LogP contribution >= 0.6 is 0 Å². The highest BCUT2D eigenvalue weighted by molar-refractivity contribution is 5.32. The Hall–Kier alpha value is -0.780. The average Bonchev–Trinajstić information content (AvgIpc) is 1.98. The van der Waals surface area contributed by atoms with Crippen molar-refractivity contribution in [1.82, 2.24) is 0 Å². The van der Waals surface area contributed by atoms with Crippen molar-refractivity contribution in [3.05, 3.63) is 34.9 Å². The van der Waals surface area contributed by atoms with E-state index in [-0.39, 0.29) is 0 Å². The second-order valence-electron chi connectivity index (χ2n) is 3.89. The average molecular weight is 161 g/mol. The first-order chi connectivity index (χ1) is 5.61. The molecule has 0 aliphatic heterocycles. The van der Waals surface area contributed by atoms with E-state index in [9.17, 15) is 0 Å². The molecule has 0 aliphatic carbocycles. The maximum atomic E-state index is 3.18. The zero-order chi connectivity index (χ0) is 9.14. The molecule has 0 unspecified atom stereocenters. The van der Waals surface area contributed by atoms with Gasteiger partial charge in [-0.25, -0.2) is 0 Å². The van der Waals surface area contributed by atoms with E-state index in [2.05, 4.69) is 45.9 Å². The van der Waals surface area contributed by atoms with Crippen LogP contribution in [0.5, 0.6) is 0 Å². The Morgan fingerprint density at radius 1 is 1.25 bits per heavy atom. The van der Waals surface area contributed by atoms with Gasteiger partial charge in [0.2, 0.25) is 0 Å². The van der Waals surface area contributed by atoms with E-state index in [0.717, 1.165) is 5.92 Å². The Morgan fingerprint density at radius 3 is 2.50 bits per heavy atom. The second kappa shape index (κ2) is 3.75. The second-order valence-corrected chi connectivity index (χ2v) is 3.89. The van der Waals surface area contributed by atoms with Gasteiger partial charge in [-0.2, -0.15) is 0 Å². The largest absolute Gasteiger partial charge is 0.0625 e. The number of hydrogen-bond donors (Lipinski definition) is 0. The van der Waals surface area contributed by atoms with Gasteiger partial charge >= 0.3 is 0 Å². The summed E-state index contributed by atoms with van der Waals surface area (Å²) >= 11 is 0. The summed E-state index contributed by atoms with van der Waals surface area (Å²) in [5.41, 5.74) is 4.24. The van der Waals surface area contributed by atoms with Crippen LogP contribution in [-0.2, 0) is 6.42 Å². The summed E-state index contributed by atoms with van der Waals surface area (Å²) in [5, 5.41) is 0. The molecule has 0 heteroatoms. The zero-order valence-corrected chi connectivity index (χ0v) is 8.44. The van der Waals surface area contributed by atoms with Crippen LogP contribution in [-0.4, -0.2) is 0 Å². The van der Waals surface area contributed by atoms with E-state index in [4.69, 9.17) is 0 Å². The van der Waals surface area contributed by atoms with Gasteiger partial charge in [0.05, 0.1) is 0 Å². The van der Waals surface area contributed by atoms with Crippen LogP contribution in [0.2, 0.25) is 0 Å². The van der Waals surface area contributed by atoms with Crippen molar-refractivity contribution in [2.75, 3.05) is 0 Å². The third-order valence-corrected chi connectivity index (χ3v) is 2.26. The number of aryl methyl sites for hydroxylation is 1. The molecule has 1 aromatic carbocycles. The lowest BCUT2D eigenvalue weighted by Gasteiger charge is -2.09. The fourth-order valence-electron chi connectivity index (χ4n) is 1.39. The molecule has 0 fully saturated rings. The van der Waals surface area contributed by atoms with Crippen molar-refractivity contribution < 1.29 is 0 Å². The van der Waals surface area contributed by atoms with Crippen molar-refractivity contribution >= 4 is 0 Å². The van der Waals surface area contributed by atoms with Crippen molar-refractivity contribution in [3.8, 4) is 0 Å². The summed E-state index contributed by atoms with van der Waals surface area (Å²) in [5.74, 6) is 0.735. The van der Waals surface area contributed by atoms with Crippen molar-refractivity contribution in [2.45, 2.75) is 34.1 Å². The molecule has 0 atom stereocenters. The minimum absolute atomic E-state index is 0.735. The van der Waals surface area contributed by atoms with E-state index in [0.29, 0.717) is 0 Å². The van der Waals surface area contributed by atoms with Crippen LogP contribution in [0, 0.1) is 25.8 Å². The maximum Gasteiger partial charge on any atom is -0.0178 e. The fourth-order valence-corrected chi connectivity index (χ4v) is 1.39. The van der Waals surface area contributed by atoms with Gasteiger partial charge in [-0.3, -0.25) is 0 Å². The van der Waals surface area contributed by atoms with E-state index < -0.39 is 0 Å². The highest BCUT2D eigenvalue weighted by atomic mass is 14.1. The quantitative estimate of drug-likeness (QED) is 0.624. The molecule has 0 nitrogen and oxygen atoms in total. The molecule has 1 aromatic rings. The molecule has 0 amide bonds. The van der Waals surface area contributed by atoms with Gasteiger partial charge < -0.3 is 0 Å². The first-order valence-electron chi connectivity index (χ1n) is 4.57. The van der Waals surface area contributed by atoms with E-state index >= 15 is 0 Å². The maximum absolute atomic E-state index is 3.18. The Kier molecular flexibility index (Phi) is 2.91. The smallest absolute Gasteiger partial charge is 0.0178 e. The molecular formula is C12H17. The van der Waals surface area contributed by atoms with Crippen molar-refractivity contribution in [3.63, 3.8) is 0 Å². The van der Waals surface area contributed by atoms with Gasteiger partial charge in [0.25, 0.3) is 0 Å². The van der Waals surface area contributed by atoms with E-state index in [1.165, 1.54) is 23.1 Å². The topological polar surface area (TPSA) is 0 Å². The summed E-state index contributed by atoms with van der Waals surface area (Å²) in [6.07, 6.45) is 1.17. The molecule has 1 radical (unpaired) electrons. The lowest BCUT2D eigenvalue weighted by atomic mass is 9.96. The molecule has 0 saturated carbocycles. The monoisotopic (exact) mass is 161 g/mol. The minimum Gasteiger partial charge on any atom is -0.0625 e. The number of benzene rings is 1. The fraction of sp³-hybridized carbons (Fsp3) is 0.500. The van der Waals surface area contributed by atoms with Crippen LogP contribution < -0.4 is 0 Å². The molecule has 12 heavy (non-hydrogen) atoms. The lowest BCUT2D eigenvalue weighted by Crippen LogP contribution is -1.97. The zero-order valence-electron chi connectivity index (χ0n) is 8.44. The molecule has 0 N–H and O–H groups in total. The van der Waals surface area contributed by atoms with Crippen molar-refractivity contribution in [2.24, 2.45) is 5.92 Å². The van der Waals surface area contributed by atoms with Crippen molar-refractivity contribution in [1.29, 1.82) is 0 Å². The predicted molar refractivity (Wildman–Crippen MR) is 53.3 cm³/mol. The van der Waals surface area contributed by atoms with Crippen LogP contribution in [0.25, 0.3) is 0 Å². The van der Waals surface area contributed by atoms with Gasteiger partial charge in [-0.15, -0.1) is 0 Å². The third-order valence-electron chi connectivity index (χ3n) is 2.26. The Morgan fingerprint density at radius 2 is 1.92 bits per heavy atom. The standard InChI is InChI=1S/C12H17/c1-9(2)8-12-7-5-6-10(3)11(12)4/h6-7,9H,8H2,1-4H3. The van der Waals surface area contributed by atoms with Gasteiger partial charge in [0.1, 0.15) is 0 Å². The van der Waals surface area contributed by atoms with Crippen LogP contribution in [0.4, 0.5) is 0 Å². The van der Waals surface area contributed by atoms with E-state index in [1.54, 1.807) is 0 Å². The molecule has 0 heterocycles. The summed E-state index contributed by atoms with van der Waals surface area (Å²) in [6, 6.07) is 7.34. The Balaban J connectivity index is 2.92. The lowest BCUT2D eigenvalue weighted by molar-refractivity contribution is 0.644. The third kappa shape index (κ3) is 2.10. The number of rotatable bonds is 2. The Bertz CT molecular complexity index is 259. The van der Waals surface area contributed by atoms with E-state index in [1.807, 2.05) is 0 Å². The molecule has 0 saturated heterocycles. The number of hydrogen-bond acceptors (Lipinski definition) is 0. The summed E-state index contributed by atoms with van der Waals surface area (Å²) in [7, 11) is 0. The van der Waals surface area contributed by atoms with Gasteiger partial charge in [-0.05, 0) is 48.9 Å². The molecule has 0 aliphatic rings. The first kappa shape index (κ1) is 9.31. The van der Waals surface area contributed by atoms with Gasteiger partial charge in [0, 0.05) is 0 Å². The molecule has 1 rings (SSSR count). The highest BCUT2D eigenvalue weighted by Gasteiger charge is 2.02. The van der Waals surface area contributed by atoms with Crippen LogP contribution in [0.15, 0.2) is 12.1 Å².